The summed E-state index contributed by atoms with van der Waals surface area (Å²) < 4.78 is 1.59. The van der Waals surface area contributed by atoms with Crippen LogP contribution in [0.3, 0.4) is 0 Å². The summed E-state index contributed by atoms with van der Waals surface area (Å²) in [6, 6.07) is 0. The van der Waals surface area contributed by atoms with Crippen LogP contribution in [0.5, 0.6) is 0 Å². The molecule has 0 aliphatic heterocycles. The highest BCUT2D eigenvalue weighted by atomic mass is 32.2. The van der Waals surface area contributed by atoms with Crippen molar-refractivity contribution in [1.82, 2.24) is 24.8 Å². The molecule has 25 heavy (non-hydrogen) atoms. The molecule has 5 rings (SSSR count). The average Bonchev–Trinajstić information content (AvgIpc) is 3.33. The van der Waals surface area contributed by atoms with Crippen molar-refractivity contribution in [2.24, 2.45) is 0 Å². The molecule has 8 heteroatoms. The van der Waals surface area contributed by atoms with E-state index in [1.54, 1.807) is 4.68 Å². The molecular formula is C17H20N6S2. The minimum absolute atomic E-state index is 0.532. The van der Waals surface area contributed by atoms with E-state index in [4.69, 9.17) is 15.8 Å². The quantitative estimate of drug-likeness (QED) is 0.558. The fraction of sp³-hybridized carbons (Fsp3) is 0.529. The number of nitrogens with zero attached hydrogens (tertiary/aromatic N) is 5. The molecule has 2 aliphatic rings. The topological polar surface area (TPSA) is 82.5 Å². The molecule has 0 unspecified atom stereocenters. The smallest absolute Gasteiger partial charge is 0.216 e. The Morgan fingerprint density at radius 3 is 2.80 bits per heavy atom. The van der Waals surface area contributed by atoms with Gasteiger partial charge in [0, 0.05) is 22.6 Å². The van der Waals surface area contributed by atoms with Gasteiger partial charge in [0.05, 0.1) is 0 Å². The molecule has 0 amide bonds. The molecule has 0 saturated heterocycles. The van der Waals surface area contributed by atoms with Crippen LogP contribution in [0.25, 0.3) is 10.2 Å². The van der Waals surface area contributed by atoms with Gasteiger partial charge in [-0.3, -0.25) is 0 Å². The van der Waals surface area contributed by atoms with E-state index in [-0.39, 0.29) is 0 Å². The van der Waals surface area contributed by atoms with E-state index in [0.29, 0.717) is 11.1 Å². The van der Waals surface area contributed by atoms with Gasteiger partial charge in [-0.05, 0) is 55.9 Å². The zero-order valence-corrected chi connectivity index (χ0v) is 15.8. The number of thiophene rings is 1. The van der Waals surface area contributed by atoms with Crippen molar-refractivity contribution >= 4 is 33.3 Å². The van der Waals surface area contributed by atoms with Crippen molar-refractivity contribution in [1.29, 1.82) is 0 Å². The van der Waals surface area contributed by atoms with E-state index in [1.807, 2.05) is 18.3 Å². The largest absolute Gasteiger partial charge is 0.336 e. The minimum Gasteiger partial charge on any atom is -0.336 e. The Labute approximate surface area is 154 Å². The Morgan fingerprint density at radius 2 is 2.04 bits per heavy atom. The molecule has 2 N–H and O–H groups in total. The fourth-order valence-corrected chi connectivity index (χ4v) is 5.69. The van der Waals surface area contributed by atoms with Gasteiger partial charge in [0.25, 0.3) is 0 Å². The number of rotatable bonds is 4. The monoisotopic (exact) mass is 372 g/mol. The van der Waals surface area contributed by atoms with E-state index in [9.17, 15) is 0 Å². The SMILES string of the molecule is CCc1nnc(Sc2nc(C3CC3)nc3sc4c(c23)CCCC4)n1N. The molecule has 0 bridgehead atoms. The van der Waals surface area contributed by atoms with Crippen LogP contribution in [0.2, 0.25) is 0 Å². The van der Waals surface area contributed by atoms with Crippen molar-refractivity contribution in [2.45, 2.75) is 68.0 Å². The fourth-order valence-electron chi connectivity index (χ4n) is 3.44. The van der Waals surface area contributed by atoms with Gasteiger partial charge in [-0.25, -0.2) is 14.6 Å². The van der Waals surface area contributed by atoms with Gasteiger partial charge in [0.15, 0.2) is 5.82 Å². The van der Waals surface area contributed by atoms with Crippen LogP contribution in [-0.2, 0) is 19.3 Å². The van der Waals surface area contributed by atoms with E-state index in [2.05, 4.69) is 10.2 Å². The summed E-state index contributed by atoms with van der Waals surface area (Å²) in [5, 5.41) is 11.4. The molecule has 3 aromatic heterocycles. The van der Waals surface area contributed by atoms with Gasteiger partial charge in [-0.1, -0.05) is 6.92 Å². The molecule has 130 valence electrons. The zero-order chi connectivity index (χ0) is 17.0. The predicted molar refractivity (Wildman–Crippen MR) is 99.7 cm³/mol. The first-order chi connectivity index (χ1) is 12.2. The number of aromatic nitrogens is 5. The molecule has 1 saturated carbocycles. The first kappa shape index (κ1) is 15.6. The third-order valence-corrected chi connectivity index (χ3v) is 7.12. The Morgan fingerprint density at radius 1 is 1.20 bits per heavy atom. The van der Waals surface area contributed by atoms with Crippen molar-refractivity contribution in [3.8, 4) is 0 Å². The molecule has 6 nitrogen and oxygen atoms in total. The number of nitrogens with two attached hydrogens (primary N) is 1. The van der Waals surface area contributed by atoms with Crippen LogP contribution in [0, 0.1) is 0 Å². The van der Waals surface area contributed by atoms with E-state index >= 15 is 0 Å². The molecule has 1 fully saturated rings. The standard InChI is InChI=1S/C17H20N6S2/c1-2-12-21-22-17(23(12)18)25-16-13-10-5-3-4-6-11(10)24-15(13)19-14(20-16)9-7-8-9/h9H,2-8,18H2,1H3. The lowest BCUT2D eigenvalue weighted by Gasteiger charge is -2.12. The summed E-state index contributed by atoms with van der Waals surface area (Å²) >= 11 is 3.40. The highest BCUT2D eigenvalue weighted by Gasteiger charge is 2.30. The van der Waals surface area contributed by atoms with Crippen molar-refractivity contribution in [3.05, 3.63) is 22.1 Å². The first-order valence-electron chi connectivity index (χ1n) is 8.94. The Bertz CT molecular complexity index is 956. The van der Waals surface area contributed by atoms with Crippen LogP contribution < -0.4 is 5.84 Å². The molecule has 3 aromatic rings. The van der Waals surface area contributed by atoms with E-state index < -0.39 is 0 Å². The van der Waals surface area contributed by atoms with Gasteiger partial charge in [0.1, 0.15) is 15.7 Å². The van der Waals surface area contributed by atoms with E-state index in [0.717, 1.165) is 34.3 Å². The third kappa shape index (κ3) is 2.62. The second-order valence-corrected chi connectivity index (χ2v) is 8.82. The lowest BCUT2D eigenvalue weighted by molar-refractivity contribution is 0.699. The van der Waals surface area contributed by atoms with Crippen LogP contribution in [0.15, 0.2) is 10.2 Å². The van der Waals surface area contributed by atoms with Crippen LogP contribution in [0.1, 0.15) is 60.6 Å². The molecule has 0 atom stereocenters. The van der Waals surface area contributed by atoms with Crippen LogP contribution >= 0.6 is 23.1 Å². The maximum atomic E-state index is 6.16. The highest BCUT2D eigenvalue weighted by molar-refractivity contribution is 7.99. The lowest BCUT2D eigenvalue weighted by atomic mass is 9.97. The predicted octanol–water partition coefficient (Wildman–Crippen LogP) is 3.47. The molecule has 2 aliphatic carbocycles. The minimum atomic E-state index is 0.532. The number of nitrogen functional groups attached to an aromatic ring is 1. The zero-order valence-electron chi connectivity index (χ0n) is 14.2. The molecule has 0 radical (unpaired) electrons. The van der Waals surface area contributed by atoms with Crippen LogP contribution in [-0.4, -0.2) is 24.8 Å². The molecule has 0 spiro atoms. The Hall–Kier alpha value is -1.67. The van der Waals surface area contributed by atoms with Crippen molar-refractivity contribution in [3.63, 3.8) is 0 Å². The lowest BCUT2D eigenvalue weighted by Crippen LogP contribution is -2.13. The second-order valence-electron chi connectivity index (χ2n) is 6.78. The summed E-state index contributed by atoms with van der Waals surface area (Å²) in [6.45, 7) is 2.03. The molecular weight excluding hydrogens is 352 g/mol. The number of aryl methyl sites for hydroxylation is 3. The average molecular weight is 373 g/mol. The van der Waals surface area contributed by atoms with Crippen LogP contribution in [0.4, 0.5) is 0 Å². The number of hydrogen-bond acceptors (Lipinski definition) is 7. The highest BCUT2D eigenvalue weighted by Crippen LogP contribution is 2.44. The number of hydrogen-bond donors (Lipinski definition) is 1. The summed E-state index contributed by atoms with van der Waals surface area (Å²) in [4.78, 5) is 12.5. The normalized spacial score (nSPS) is 17.2. The Balaban J connectivity index is 1.66. The first-order valence-corrected chi connectivity index (χ1v) is 10.6. The third-order valence-electron chi connectivity index (χ3n) is 4.98. The van der Waals surface area contributed by atoms with Gasteiger partial charge >= 0.3 is 0 Å². The maximum absolute atomic E-state index is 6.16. The van der Waals surface area contributed by atoms with Gasteiger partial charge in [-0.2, -0.15) is 0 Å². The van der Waals surface area contributed by atoms with Gasteiger partial charge in [-0.15, -0.1) is 21.5 Å². The molecule has 0 aromatic carbocycles. The van der Waals surface area contributed by atoms with E-state index in [1.165, 1.54) is 59.7 Å². The Kier molecular flexibility index (Phi) is 3.71. The summed E-state index contributed by atoms with van der Waals surface area (Å²) in [6.07, 6.45) is 8.01. The number of fused-ring (bicyclic) bond motifs is 3. The van der Waals surface area contributed by atoms with Crippen molar-refractivity contribution < 1.29 is 0 Å². The summed E-state index contributed by atoms with van der Waals surface area (Å²) in [5.41, 5.74) is 1.45. The van der Waals surface area contributed by atoms with Gasteiger partial charge in [0.2, 0.25) is 5.16 Å². The second kappa shape index (κ2) is 5.95. The van der Waals surface area contributed by atoms with Crippen molar-refractivity contribution in [2.75, 3.05) is 5.84 Å². The molecule has 3 heterocycles. The summed E-state index contributed by atoms with van der Waals surface area (Å²) in [5.74, 6) is 8.48. The van der Waals surface area contributed by atoms with Gasteiger partial charge < -0.3 is 5.84 Å². The summed E-state index contributed by atoms with van der Waals surface area (Å²) in [7, 11) is 0. The maximum Gasteiger partial charge on any atom is 0.216 e.